The van der Waals surface area contributed by atoms with Gasteiger partial charge in [0.2, 0.25) is 0 Å². The standard InChI is InChI=1S/C15H19N3/c1-11-15(14(18(2)3)9-6-10-16)12-7-4-5-8-13(12)17-11/h4-5,7-8,14,17H,6,9H2,1-3H3. The molecule has 0 saturated heterocycles. The van der Waals surface area contributed by atoms with E-state index in [1.807, 2.05) is 6.07 Å². The molecule has 3 heteroatoms. The molecule has 94 valence electrons. The Bertz CT molecular complexity index is 575. The Labute approximate surface area is 108 Å². The van der Waals surface area contributed by atoms with Gasteiger partial charge in [0, 0.05) is 29.1 Å². The van der Waals surface area contributed by atoms with Crippen LogP contribution in [0.3, 0.4) is 0 Å². The third-order valence-corrected chi connectivity index (χ3v) is 3.43. The zero-order valence-electron chi connectivity index (χ0n) is 11.2. The number of rotatable bonds is 4. The third-order valence-electron chi connectivity index (χ3n) is 3.43. The number of aromatic nitrogens is 1. The van der Waals surface area contributed by atoms with E-state index in [-0.39, 0.29) is 0 Å². The highest BCUT2D eigenvalue weighted by Gasteiger charge is 2.20. The lowest BCUT2D eigenvalue weighted by Crippen LogP contribution is -2.20. The predicted octanol–water partition coefficient (Wildman–Crippen LogP) is 3.38. The van der Waals surface area contributed by atoms with Crippen LogP contribution in [0.4, 0.5) is 0 Å². The molecule has 0 aliphatic heterocycles. The smallest absolute Gasteiger partial charge is 0.0622 e. The lowest BCUT2D eigenvalue weighted by Gasteiger charge is -2.24. The van der Waals surface area contributed by atoms with Crippen molar-refractivity contribution in [3.8, 4) is 6.07 Å². The number of hydrogen-bond donors (Lipinski definition) is 1. The second kappa shape index (κ2) is 5.24. The minimum atomic E-state index is 0.292. The molecule has 0 aliphatic rings. The Morgan fingerprint density at radius 1 is 1.33 bits per heavy atom. The summed E-state index contributed by atoms with van der Waals surface area (Å²) in [5.41, 5.74) is 3.70. The average Bonchev–Trinajstić information content (AvgIpc) is 2.66. The molecule has 1 heterocycles. The number of H-pyrrole nitrogens is 1. The van der Waals surface area contributed by atoms with Crippen molar-refractivity contribution < 1.29 is 0 Å². The first kappa shape index (κ1) is 12.7. The Morgan fingerprint density at radius 2 is 2.06 bits per heavy atom. The Balaban J connectivity index is 2.50. The third kappa shape index (κ3) is 2.25. The molecule has 0 fully saturated rings. The molecule has 2 rings (SSSR count). The summed E-state index contributed by atoms with van der Waals surface area (Å²) < 4.78 is 0. The zero-order valence-corrected chi connectivity index (χ0v) is 11.2. The summed E-state index contributed by atoms with van der Waals surface area (Å²) in [6, 6.07) is 10.9. The summed E-state index contributed by atoms with van der Waals surface area (Å²) in [5, 5.41) is 10.1. The first-order chi connectivity index (χ1) is 8.65. The van der Waals surface area contributed by atoms with E-state index in [1.165, 1.54) is 22.2 Å². The van der Waals surface area contributed by atoms with Gasteiger partial charge in [-0.25, -0.2) is 0 Å². The van der Waals surface area contributed by atoms with E-state index < -0.39 is 0 Å². The van der Waals surface area contributed by atoms with Gasteiger partial charge in [0.15, 0.2) is 0 Å². The lowest BCUT2D eigenvalue weighted by molar-refractivity contribution is 0.287. The second-order valence-corrected chi connectivity index (χ2v) is 4.89. The molecule has 0 aliphatic carbocycles. The summed E-state index contributed by atoms with van der Waals surface area (Å²) in [6.45, 7) is 2.11. The molecule has 0 bridgehead atoms. The molecule has 0 spiro atoms. The van der Waals surface area contributed by atoms with Gasteiger partial charge in [-0.3, -0.25) is 0 Å². The number of nitrogens with zero attached hydrogens (tertiary/aromatic N) is 2. The average molecular weight is 241 g/mol. The highest BCUT2D eigenvalue weighted by Crippen LogP contribution is 2.32. The van der Waals surface area contributed by atoms with Crippen molar-refractivity contribution in [2.24, 2.45) is 0 Å². The minimum Gasteiger partial charge on any atom is -0.358 e. The first-order valence-electron chi connectivity index (χ1n) is 6.25. The summed E-state index contributed by atoms with van der Waals surface area (Å²) in [7, 11) is 4.15. The molecule has 18 heavy (non-hydrogen) atoms. The van der Waals surface area contributed by atoms with E-state index in [0.717, 1.165) is 6.42 Å². The number of nitriles is 1. The fourth-order valence-electron chi connectivity index (χ4n) is 2.59. The van der Waals surface area contributed by atoms with Crippen molar-refractivity contribution in [2.75, 3.05) is 14.1 Å². The van der Waals surface area contributed by atoms with Crippen LogP contribution >= 0.6 is 0 Å². The van der Waals surface area contributed by atoms with Gasteiger partial charge in [-0.15, -0.1) is 0 Å². The molecule has 1 N–H and O–H groups in total. The van der Waals surface area contributed by atoms with Crippen molar-refractivity contribution in [1.29, 1.82) is 5.26 Å². The van der Waals surface area contributed by atoms with Gasteiger partial charge < -0.3 is 9.88 Å². The van der Waals surface area contributed by atoms with E-state index in [2.05, 4.69) is 55.2 Å². The number of aryl methyl sites for hydroxylation is 1. The molecule has 0 radical (unpaired) electrons. The molecule has 1 unspecified atom stereocenters. The van der Waals surface area contributed by atoms with Crippen molar-refractivity contribution in [3.63, 3.8) is 0 Å². The Morgan fingerprint density at radius 3 is 2.72 bits per heavy atom. The van der Waals surface area contributed by atoms with E-state index in [1.54, 1.807) is 0 Å². The number of fused-ring (bicyclic) bond motifs is 1. The van der Waals surface area contributed by atoms with E-state index in [4.69, 9.17) is 5.26 Å². The zero-order chi connectivity index (χ0) is 13.1. The van der Waals surface area contributed by atoms with Gasteiger partial charge in [0.05, 0.1) is 6.07 Å². The molecule has 2 aromatic rings. The monoisotopic (exact) mass is 241 g/mol. The van der Waals surface area contributed by atoms with Crippen LogP contribution < -0.4 is 0 Å². The van der Waals surface area contributed by atoms with Gasteiger partial charge in [0.1, 0.15) is 0 Å². The molecule has 1 atom stereocenters. The quantitative estimate of drug-likeness (QED) is 0.891. The predicted molar refractivity (Wildman–Crippen MR) is 74.3 cm³/mol. The van der Waals surface area contributed by atoms with E-state index in [9.17, 15) is 0 Å². The maximum absolute atomic E-state index is 8.80. The van der Waals surface area contributed by atoms with Crippen LogP contribution in [0, 0.1) is 18.3 Å². The van der Waals surface area contributed by atoms with Crippen molar-refractivity contribution in [2.45, 2.75) is 25.8 Å². The van der Waals surface area contributed by atoms with Crippen molar-refractivity contribution >= 4 is 10.9 Å². The number of hydrogen-bond acceptors (Lipinski definition) is 2. The summed E-state index contributed by atoms with van der Waals surface area (Å²) in [4.78, 5) is 5.62. The van der Waals surface area contributed by atoms with Crippen LogP contribution in [0.25, 0.3) is 10.9 Å². The van der Waals surface area contributed by atoms with Crippen LogP contribution in [-0.2, 0) is 0 Å². The number of para-hydroxylation sites is 1. The van der Waals surface area contributed by atoms with Crippen LogP contribution in [-0.4, -0.2) is 24.0 Å². The van der Waals surface area contributed by atoms with Crippen LogP contribution in [0.5, 0.6) is 0 Å². The van der Waals surface area contributed by atoms with Crippen molar-refractivity contribution in [1.82, 2.24) is 9.88 Å². The largest absolute Gasteiger partial charge is 0.358 e. The topological polar surface area (TPSA) is 42.8 Å². The maximum atomic E-state index is 8.80. The molecular formula is C15H19N3. The molecular weight excluding hydrogens is 222 g/mol. The fourth-order valence-corrected chi connectivity index (χ4v) is 2.59. The lowest BCUT2D eigenvalue weighted by atomic mass is 9.98. The van der Waals surface area contributed by atoms with Crippen LogP contribution in [0.15, 0.2) is 24.3 Å². The fraction of sp³-hybridized carbons (Fsp3) is 0.400. The highest BCUT2D eigenvalue weighted by atomic mass is 15.1. The van der Waals surface area contributed by atoms with Gasteiger partial charge in [-0.1, -0.05) is 18.2 Å². The number of nitrogens with one attached hydrogen (secondary N) is 1. The Kier molecular flexibility index (Phi) is 3.69. The van der Waals surface area contributed by atoms with Gasteiger partial charge in [0.25, 0.3) is 0 Å². The maximum Gasteiger partial charge on any atom is 0.0622 e. The molecule has 0 saturated carbocycles. The SMILES string of the molecule is Cc1[nH]c2ccccc2c1C(CCC#N)N(C)C. The highest BCUT2D eigenvalue weighted by molar-refractivity contribution is 5.85. The summed E-state index contributed by atoms with van der Waals surface area (Å²) in [6.07, 6.45) is 1.45. The van der Waals surface area contributed by atoms with E-state index >= 15 is 0 Å². The van der Waals surface area contributed by atoms with Crippen molar-refractivity contribution in [3.05, 3.63) is 35.5 Å². The van der Waals surface area contributed by atoms with Gasteiger partial charge in [-0.05, 0) is 39.1 Å². The summed E-state index contributed by atoms with van der Waals surface area (Å²) in [5.74, 6) is 0. The molecule has 3 nitrogen and oxygen atoms in total. The normalized spacial score (nSPS) is 12.8. The molecule has 1 aromatic carbocycles. The summed E-state index contributed by atoms with van der Waals surface area (Å²) >= 11 is 0. The van der Waals surface area contributed by atoms with Gasteiger partial charge in [-0.2, -0.15) is 5.26 Å². The van der Waals surface area contributed by atoms with Crippen LogP contribution in [0.2, 0.25) is 0 Å². The van der Waals surface area contributed by atoms with Gasteiger partial charge >= 0.3 is 0 Å². The minimum absolute atomic E-state index is 0.292. The number of aromatic amines is 1. The second-order valence-electron chi connectivity index (χ2n) is 4.89. The first-order valence-corrected chi connectivity index (χ1v) is 6.25. The van der Waals surface area contributed by atoms with E-state index in [0.29, 0.717) is 12.5 Å². The molecule has 1 aromatic heterocycles. The number of benzene rings is 1. The Hall–Kier alpha value is -1.79. The molecule has 0 amide bonds. The van der Waals surface area contributed by atoms with Crippen LogP contribution in [0.1, 0.15) is 30.1 Å².